The van der Waals surface area contributed by atoms with Crippen LogP contribution in [0.4, 0.5) is 0 Å². The molecule has 6 nitrogen and oxygen atoms in total. The Morgan fingerprint density at radius 2 is 1.69 bits per heavy atom. The van der Waals surface area contributed by atoms with Gasteiger partial charge >= 0.3 is 0 Å². The van der Waals surface area contributed by atoms with Gasteiger partial charge in [0.05, 0.1) is 26.2 Å². The highest BCUT2D eigenvalue weighted by Gasteiger charge is 2.18. The first-order chi connectivity index (χ1) is 12.3. The Morgan fingerprint density at radius 1 is 0.962 bits per heavy atom. The SMILES string of the molecule is COc1cc(CCNS(=O)(=O)c2cc(C)ccc2C)c(OC)c(OC)c1. The zero-order chi connectivity index (χ0) is 19.3. The van der Waals surface area contributed by atoms with Crippen molar-refractivity contribution in [3.8, 4) is 17.2 Å². The molecule has 0 heterocycles. The van der Waals surface area contributed by atoms with Gasteiger partial charge in [-0.25, -0.2) is 13.1 Å². The van der Waals surface area contributed by atoms with E-state index in [-0.39, 0.29) is 6.54 Å². The number of rotatable bonds is 8. The van der Waals surface area contributed by atoms with Crippen LogP contribution < -0.4 is 18.9 Å². The standard InChI is InChI=1S/C19H25NO5S/c1-13-6-7-14(2)18(10-13)26(21,22)20-9-8-15-11-16(23-3)12-17(24-4)19(15)25-5/h6-7,10-12,20H,8-9H2,1-5H3. The van der Waals surface area contributed by atoms with Crippen LogP contribution >= 0.6 is 0 Å². The van der Waals surface area contributed by atoms with E-state index in [9.17, 15) is 8.42 Å². The van der Waals surface area contributed by atoms with Crippen molar-refractivity contribution in [2.24, 2.45) is 0 Å². The van der Waals surface area contributed by atoms with Crippen LogP contribution in [-0.4, -0.2) is 36.3 Å². The van der Waals surface area contributed by atoms with Gasteiger partial charge < -0.3 is 14.2 Å². The van der Waals surface area contributed by atoms with E-state index in [0.29, 0.717) is 34.1 Å². The van der Waals surface area contributed by atoms with Crippen LogP contribution in [-0.2, 0) is 16.4 Å². The summed E-state index contributed by atoms with van der Waals surface area (Å²) in [6, 6.07) is 8.91. The molecule has 0 aliphatic heterocycles. The molecule has 0 radical (unpaired) electrons. The molecule has 0 unspecified atom stereocenters. The summed E-state index contributed by atoms with van der Waals surface area (Å²) in [6.45, 7) is 3.87. The molecular weight excluding hydrogens is 354 g/mol. The lowest BCUT2D eigenvalue weighted by molar-refractivity contribution is 0.345. The van der Waals surface area contributed by atoms with Crippen LogP contribution in [0.5, 0.6) is 17.2 Å². The number of hydrogen-bond donors (Lipinski definition) is 1. The number of methoxy groups -OCH3 is 3. The van der Waals surface area contributed by atoms with Crippen molar-refractivity contribution in [2.75, 3.05) is 27.9 Å². The van der Waals surface area contributed by atoms with E-state index in [4.69, 9.17) is 14.2 Å². The first-order valence-corrected chi connectivity index (χ1v) is 9.66. The molecule has 0 amide bonds. The fraction of sp³-hybridized carbons (Fsp3) is 0.368. The molecule has 0 saturated heterocycles. The van der Waals surface area contributed by atoms with E-state index in [2.05, 4.69) is 4.72 Å². The molecule has 0 aliphatic carbocycles. The van der Waals surface area contributed by atoms with Gasteiger partial charge in [0.15, 0.2) is 11.5 Å². The normalized spacial score (nSPS) is 11.3. The molecule has 0 spiro atoms. The number of aryl methyl sites for hydroxylation is 2. The summed E-state index contributed by atoms with van der Waals surface area (Å²) in [7, 11) is 1.07. The summed E-state index contributed by atoms with van der Waals surface area (Å²) < 4.78 is 43.9. The first-order valence-electron chi connectivity index (χ1n) is 8.18. The van der Waals surface area contributed by atoms with E-state index in [1.54, 1.807) is 46.5 Å². The number of hydrogen-bond acceptors (Lipinski definition) is 5. The van der Waals surface area contributed by atoms with E-state index in [1.165, 1.54) is 0 Å². The second-order valence-electron chi connectivity index (χ2n) is 5.94. The third-order valence-corrected chi connectivity index (χ3v) is 5.69. The summed E-state index contributed by atoms with van der Waals surface area (Å²) in [4.78, 5) is 0.299. The molecule has 142 valence electrons. The molecule has 2 aromatic rings. The lowest BCUT2D eigenvalue weighted by Crippen LogP contribution is -2.26. The number of benzene rings is 2. The van der Waals surface area contributed by atoms with Crippen LogP contribution in [0.25, 0.3) is 0 Å². The average Bonchev–Trinajstić information content (AvgIpc) is 2.62. The van der Waals surface area contributed by atoms with E-state index < -0.39 is 10.0 Å². The van der Waals surface area contributed by atoms with E-state index >= 15 is 0 Å². The van der Waals surface area contributed by atoms with Gasteiger partial charge in [-0.1, -0.05) is 12.1 Å². The maximum atomic E-state index is 12.6. The lowest BCUT2D eigenvalue weighted by atomic mass is 10.1. The van der Waals surface area contributed by atoms with E-state index in [1.807, 2.05) is 19.1 Å². The highest BCUT2D eigenvalue weighted by Crippen LogP contribution is 2.35. The largest absolute Gasteiger partial charge is 0.497 e. The van der Waals surface area contributed by atoms with E-state index in [0.717, 1.165) is 11.1 Å². The molecule has 2 aromatic carbocycles. The topological polar surface area (TPSA) is 73.9 Å². The number of sulfonamides is 1. The Balaban J connectivity index is 2.20. The molecule has 26 heavy (non-hydrogen) atoms. The summed E-state index contributed by atoms with van der Waals surface area (Å²) in [5.41, 5.74) is 2.41. The van der Waals surface area contributed by atoms with Gasteiger partial charge in [0.1, 0.15) is 5.75 Å². The number of nitrogens with one attached hydrogen (secondary N) is 1. The zero-order valence-corrected chi connectivity index (χ0v) is 16.6. The van der Waals surface area contributed by atoms with Gasteiger partial charge in [0, 0.05) is 18.2 Å². The number of ether oxygens (including phenoxy) is 3. The van der Waals surface area contributed by atoms with Gasteiger partial charge in [-0.3, -0.25) is 0 Å². The molecular formula is C19H25NO5S. The summed E-state index contributed by atoms with van der Waals surface area (Å²) >= 11 is 0. The predicted octanol–water partition coefficient (Wildman–Crippen LogP) is 2.85. The minimum absolute atomic E-state index is 0.225. The minimum atomic E-state index is -3.59. The van der Waals surface area contributed by atoms with Crippen LogP contribution in [0, 0.1) is 13.8 Å². The first kappa shape index (κ1) is 20.1. The molecule has 2 rings (SSSR count). The molecule has 0 aromatic heterocycles. The summed E-state index contributed by atoms with van der Waals surface area (Å²) in [6.07, 6.45) is 0.431. The minimum Gasteiger partial charge on any atom is -0.497 e. The van der Waals surface area contributed by atoms with Crippen molar-refractivity contribution in [1.82, 2.24) is 4.72 Å². The maximum Gasteiger partial charge on any atom is 0.240 e. The lowest BCUT2D eigenvalue weighted by Gasteiger charge is -2.15. The van der Waals surface area contributed by atoms with Crippen LogP contribution in [0.15, 0.2) is 35.2 Å². The molecule has 0 aliphatic rings. The Bertz CT molecular complexity index is 878. The fourth-order valence-electron chi connectivity index (χ4n) is 2.71. The third kappa shape index (κ3) is 4.47. The highest BCUT2D eigenvalue weighted by atomic mass is 32.2. The van der Waals surface area contributed by atoms with Gasteiger partial charge in [-0.15, -0.1) is 0 Å². The second-order valence-corrected chi connectivity index (χ2v) is 7.67. The molecule has 1 N–H and O–H groups in total. The molecule has 7 heteroatoms. The van der Waals surface area contributed by atoms with Crippen LogP contribution in [0.2, 0.25) is 0 Å². The van der Waals surface area contributed by atoms with Crippen molar-refractivity contribution in [1.29, 1.82) is 0 Å². The molecule has 0 fully saturated rings. The highest BCUT2D eigenvalue weighted by molar-refractivity contribution is 7.89. The Hall–Kier alpha value is -2.25. The molecule has 0 bridgehead atoms. The Kier molecular flexibility index (Phi) is 6.50. The van der Waals surface area contributed by atoms with Crippen molar-refractivity contribution in [3.05, 3.63) is 47.0 Å². The fourth-order valence-corrected chi connectivity index (χ4v) is 4.07. The van der Waals surface area contributed by atoms with Gasteiger partial charge in [-0.2, -0.15) is 0 Å². The van der Waals surface area contributed by atoms with Crippen molar-refractivity contribution < 1.29 is 22.6 Å². The average molecular weight is 379 g/mol. The summed E-state index contributed by atoms with van der Waals surface area (Å²) in [5, 5.41) is 0. The van der Waals surface area contributed by atoms with Crippen molar-refractivity contribution in [3.63, 3.8) is 0 Å². The van der Waals surface area contributed by atoms with Crippen LogP contribution in [0.3, 0.4) is 0 Å². The monoisotopic (exact) mass is 379 g/mol. The third-order valence-electron chi connectivity index (χ3n) is 4.08. The van der Waals surface area contributed by atoms with Crippen LogP contribution in [0.1, 0.15) is 16.7 Å². The predicted molar refractivity (Wildman–Crippen MR) is 101 cm³/mol. The zero-order valence-electron chi connectivity index (χ0n) is 15.8. The Labute approximate surface area is 155 Å². The van der Waals surface area contributed by atoms with Crippen molar-refractivity contribution >= 4 is 10.0 Å². The van der Waals surface area contributed by atoms with Gasteiger partial charge in [0.25, 0.3) is 0 Å². The quantitative estimate of drug-likeness (QED) is 0.763. The molecule has 0 saturated carbocycles. The van der Waals surface area contributed by atoms with Gasteiger partial charge in [-0.05, 0) is 43.5 Å². The second kappa shape index (κ2) is 8.42. The molecule has 0 atom stereocenters. The smallest absolute Gasteiger partial charge is 0.240 e. The van der Waals surface area contributed by atoms with Crippen molar-refractivity contribution in [2.45, 2.75) is 25.2 Å². The summed E-state index contributed by atoms with van der Waals surface area (Å²) in [5.74, 6) is 1.73. The Morgan fingerprint density at radius 3 is 2.31 bits per heavy atom. The maximum absolute atomic E-state index is 12.6. The van der Waals surface area contributed by atoms with Gasteiger partial charge in [0.2, 0.25) is 10.0 Å².